The number of amides is 2. The molecule has 0 spiro atoms. The van der Waals surface area contributed by atoms with Gasteiger partial charge in [0, 0.05) is 24.7 Å². The van der Waals surface area contributed by atoms with E-state index in [0.717, 1.165) is 48.4 Å². The van der Waals surface area contributed by atoms with Crippen molar-refractivity contribution in [2.24, 2.45) is 16.8 Å². The number of imidazole rings is 1. The zero-order chi connectivity index (χ0) is 23.1. The van der Waals surface area contributed by atoms with Gasteiger partial charge in [-0.25, -0.2) is 9.78 Å². The number of nitrogens with two attached hydrogens (primary N) is 1. The van der Waals surface area contributed by atoms with Crippen molar-refractivity contribution in [1.29, 1.82) is 0 Å². The van der Waals surface area contributed by atoms with Crippen LogP contribution in [0.25, 0.3) is 11.0 Å². The number of urea groups is 1. The molecule has 33 heavy (non-hydrogen) atoms. The molecule has 1 aromatic heterocycles. The molecular formula is C25H30N6O2. The Balaban J connectivity index is 1.56. The summed E-state index contributed by atoms with van der Waals surface area (Å²) in [7, 11) is 0. The Morgan fingerprint density at radius 3 is 2.76 bits per heavy atom. The second kappa shape index (κ2) is 8.42. The summed E-state index contributed by atoms with van der Waals surface area (Å²) in [5, 5.41) is 12.2. The summed E-state index contributed by atoms with van der Waals surface area (Å²) in [5.41, 5.74) is 10.3. The van der Waals surface area contributed by atoms with Crippen LogP contribution in [-0.4, -0.2) is 37.6 Å². The van der Waals surface area contributed by atoms with Gasteiger partial charge in [0.2, 0.25) is 0 Å². The number of aryl methyl sites for hydroxylation is 1. The largest absolute Gasteiger partial charge is 0.409 e. The summed E-state index contributed by atoms with van der Waals surface area (Å²) in [4.78, 5) is 22.3. The van der Waals surface area contributed by atoms with E-state index >= 15 is 0 Å². The molecule has 2 amide bonds. The van der Waals surface area contributed by atoms with Gasteiger partial charge in [0.25, 0.3) is 0 Å². The second-order valence-electron chi connectivity index (χ2n) is 9.41. The minimum atomic E-state index is 0.0513. The van der Waals surface area contributed by atoms with Crippen LogP contribution >= 0.6 is 0 Å². The van der Waals surface area contributed by atoms with Crippen molar-refractivity contribution in [3.05, 3.63) is 59.4 Å². The maximum Gasteiger partial charge on any atom is 0.325 e. The summed E-state index contributed by atoms with van der Waals surface area (Å²) in [6, 6.07) is 14.2. The first-order chi connectivity index (χ1) is 16.0. The van der Waals surface area contributed by atoms with Gasteiger partial charge in [0.05, 0.1) is 23.3 Å². The summed E-state index contributed by atoms with van der Waals surface area (Å²) in [5.74, 6) is 1.42. The standard InChI is InChI=1S/C25H30N6O2/c1-16(2)11-12-29-22-10-7-17(24(26)28-33)13-20(22)27-23(29)15-31-21-6-4-3-5-18(21)14-30(25(31)32)19-8-9-19/h3-7,10,13,16,19,33H,8-9,11-12,14-15H2,1-2H3,(H2,26,28). The van der Waals surface area contributed by atoms with Crippen molar-refractivity contribution in [2.45, 2.75) is 58.8 Å². The first kappa shape index (κ1) is 21.3. The van der Waals surface area contributed by atoms with E-state index in [2.05, 4.69) is 29.6 Å². The van der Waals surface area contributed by atoms with Crippen LogP contribution < -0.4 is 10.6 Å². The third-order valence-corrected chi connectivity index (χ3v) is 6.55. The zero-order valence-electron chi connectivity index (χ0n) is 19.1. The van der Waals surface area contributed by atoms with Gasteiger partial charge in [0.1, 0.15) is 5.82 Å². The monoisotopic (exact) mass is 446 g/mol. The topological polar surface area (TPSA) is 100.0 Å². The third kappa shape index (κ3) is 4.01. The maximum atomic E-state index is 13.5. The maximum absolute atomic E-state index is 13.5. The van der Waals surface area contributed by atoms with Gasteiger partial charge in [-0.3, -0.25) is 4.90 Å². The molecular weight excluding hydrogens is 416 g/mol. The number of aromatic nitrogens is 2. The van der Waals surface area contributed by atoms with E-state index in [4.69, 9.17) is 15.9 Å². The predicted octanol–water partition coefficient (Wildman–Crippen LogP) is 4.28. The quantitative estimate of drug-likeness (QED) is 0.245. The predicted molar refractivity (Wildman–Crippen MR) is 128 cm³/mol. The molecule has 1 aliphatic heterocycles. The SMILES string of the molecule is CC(C)CCn1c(CN2C(=O)N(C3CC3)Cc3ccccc32)nc2cc(/C(N)=N/O)ccc21. The highest BCUT2D eigenvalue weighted by Gasteiger charge is 2.39. The average molecular weight is 447 g/mol. The highest BCUT2D eigenvalue weighted by atomic mass is 16.4. The van der Waals surface area contributed by atoms with Gasteiger partial charge in [0.15, 0.2) is 5.84 Å². The van der Waals surface area contributed by atoms with E-state index in [-0.39, 0.29) is 11.9 Å². The van der Waals surface area contributed by atoms with E-state index in [9.17, 15) is 4.79 Å². The normalized spacial score (nSPS) is 16.7. The molecule has 172 valence electrons. The molecule has 0 bridgehead atoms. The van der Waals surface area contributed by atoms with Crippen LogP contribution in [0.5, 0.6) is 0 Å². The zero-order valence-corrected chi connectivity index (χ0v) is 19.1. The number of para-hydroxylation sites is 1. The summed E-state index contributed by atoms with van der Waals surface area (Å²) in [6.07, 6.45) is 3.15. The molecule has 2 heterocycles. The molecule has 8 nitrogen and oxygen atoms in total. The molecule has 8 heteroatoms. The molecule has 3 aromatic rings. The highest BCUT2D eigenvalue weighted by Crippen LogP contribution is 2.37. The molecule has 5 rings (SSSR count). The van der Waals surface area contributed by atoms with Crippen LogP contribution in [0.3, 0.4) is 0 Å². The van der Waals surface area contributed by atoms with Gasteiger partial charge in [-0.1, -0.05) is 37.2 Å². The Kier molecular flexibility index (Phi) is 5.44. The van der Waals surface area contributed by atoms with Crippen molar-refractivity contribution in [3.8, 4) is 0 Å². The molecule has 0 atom stereocenters. The number of carbonyl (C=O) groups is 1. The molecule has 1 aliphatic carbocycles. The summed E-state index contributed by atoms with van der Waals surface area (Å²) in [6.45, 7) is 6.27. The van der Waals surface area contributed by atoms with E-state index < -0.39 is 0 Å². The number of hydrogen-bond acceptors (Lipinski definition) is 4. The van der Waals surface area contributed by atoms with Crippen molar-refractivity contribution in [3.63, 3.8) is 0 Å². The fourth-order valence-corrected chi connectivity index (χ4v) is 4.54. The number of amidine groups is 1. The van der Waals surface area contributed by atoms with Crippen molar-refractivity contribution < 1.29 is 10.0 Å². The van der Waals surface area contributed by atoms with Crippen LogP contribution in [-0.2, 0) is 19.6 Å². The van der Waals surface area contributed by atoms with Crippen LogP contribution in [0.15, 0.2) is 47.6 Å². The molecule has 0 unspecified atom stereocenters. The minimum absolute atomic E-state index is 0.0513. The Labute approximate surface area is 193 Å². The molecule has 1 saturated carbocycles. The lowest BCUT2D eigenvalue weighted by Gasteiger charge is -2.37. The molecule has 1 fully saturated rings. The lowest BCUT2D eigenvalue weighted by atomic mass is 10.1. The molecule has 2 aliphatic rings. The first-order valence-electron chi connectivity index (χ1n) is 11.6. The summed E-state index contributed by atoms with van der Waals surface area (Å²) >= 11 is 0. The average Bonchev–Trinajstić information content (AvgIpc) is 3.60. The third-order valence-electron chi connectivity index (χ3n) is 6.55. The lowest BCUT2D eigenvalue weighted by molar-refractivity contribution is 0.194. The second-order valence-corrected chi connectivity index (χ2v) is 9.41. The van der Waals surface area contributed by atoms with E-state index in [1.807, 2.05) is 46.2 Å². The summed E-state index contributed by atoms with van der Waals surface area (Å²) < 4.78 is 2.21. The van der Waals surface area contributed by atoms with E-state index in [0.29, 0.717) is 30.6 Å². The Morgan fingerprint density at radius 1 is 1.24 bits per heavy atom. The molecule has 0 saturated heterocycles. The fraction of sp³-hybridized carbons (Fsp3) is 0.400. The highest BCUT2D eigenvalue weighted by molar-refractivity contribution is 6.00. The van der Waals surface area contributed by atoms with Crippen molar-refractivity contribution in [2.75, 3.05) is 4.90 Å². The number of carbonyl (C=O) groups excluding carboxylic acids is 1. The Morgan fingerprint density at radius 2 is 2.03 bits per heavy atom. The van der Waals surface area contributed by atoms with Gasteiger partial charge >= 0.3 is 6.03 Å². The smallest absolute Gasteiger partial charge is 0.325 e. The lowest BCUT2D eigenvalue weighted by Crippen LogP contribution is -2.48. The number of anilines is 1. The van der Waals surface area contributed by atoms with Crippen molar-refractivity contribution in [1.82, 2.24) is 14.5 Å². The molecule has 0 radical (unpaired) electrons. The fourth-order valence-electron chi connectivity index (χ4n) is 4.54. The number of rotatable bonds is 7. The molecule has 2 aromatic carbocycles. The molecule has 3 N–H and O–H groups in total. The van der Waals surface area contributed by atoms with E-state index in [1.54, 1.807) is 0 Å². The van der Waals surface area contributed by atoms with E-state index in [1.165, 1.54) is 5.56 Å². The first-order valence-corrected chi connectivity index (χ1v) is 11.6. The Hall–Kier alpha value is -3.55. The number of fused-ring (bicyclic) bond motifs is 2. The van der Waals surface area contributed by atoms with Crippen LogP contribution in [0.2, 0.25) is 0 Å². The van der Waals surface area contributed by atoms with Crippen LogP contribution in [0, 0.1) is 5.92 Å². The Bertz CT molecular complexity index is 1230. The van der Waals surface area contributed by atoms with Crippen LogP contribution in [0.1, 0.15) is 50.1 Å². The number of benzene rings is 2. The number of hydrogen-bond donors (Lipinski definition) is 2. The van der Waals surface area contributed by atoms with Gasteiger partial charge in [-0.2, -0.15) is 0 Å². The number of nitrogens with zero attached hydrogens (tertiary/aromatic N) is 5. The van der Waals surface area contributed by atoms with Gasteiger partial charge in [-0.15, -0.1) is 0 Å². The van der Waals surface area contributed by atoms with Crippen molar-refractivity contribution >= 4 is 28.6 Å². The van der Waals surface area contributed by atoms with Gasteiger partial charge in [-0.05, 0) is 55.0 Å². The number of oxime groups is 1. The van der Waals surface area contributed by atoms with Crippen LogP contribution in [0.4, 0.5) is 10.5 Å². The minimum Gasteiger partial charge on any atom is -0.409 e. The van der Waals surface area contributed by atoms with Gasteiger partial charge < -0.3 is 20.4 Å².